The lowest BCUT2D eigenvalue weighted by atomic mass is 10.1. The van der Waals surface area contributed by atoms with E-state index in [0.717, 1.165) is 6.08 Å². The van der Waals surface area contributed by atoms with Gasteiger partial charge in [-0.1, -0.05) is 0 Å². The van der Waals surface area contributed by atoms with Gasteiger partial charge >= 0.3 is 5.97 Å². The molecule has 0 heterocycles. The Bertz CT molecular complexity index is 192. The number of esters is 1. The molecule has 0 aromatic rings. The van der Waals surface area contributed by atoms with Crippen LogP contribution < -0.4 is 5.73 Å². The molecule has 0 aliphatic heterocycles. The predicted octanol–water partition coefficient (Wildman–Crippen LogP) is -0.345. The van der Waals surface area contributed by atoms with Gasteiger partial charge in [0.2, 0.25) is 0 Å². The third-order valence-corrected chi connectivity index (χ3v) is 0.950. The average Bonchev–Trinajstić information content (AvgIpc) is 1.86. The minimum atomic E-state index is -0.905. The summed E-state index contributed by atoms with van der Waals surface area (Å²) < 4.78 is 4.75. The predicted molar refractivity (Wildman–Crippen MR) is 39.5 cm³/mol. The molecule has 0 saturated heterocycles. The van der Waals surface area contributed by atoms with Crippen LogP contribution in [-0.4, -0.2) is 24.1 Å². The van der Waals surface area contributed by atoms with Gasteiger partial charge in [0, 0.05) is 6.08 Å². The minimum Gasteiger partial charge on any atom is -0.454 e. The Morgan fingerprint density at radius 1 is 1.73 bits per heavy atom. The first-order valence-corrected chi connectivity index (χ1v) is 3.16. The second kappa shape index (κ2) is 3.91. The fourth-order valence-electron chi connectivity index (χ4n) is 0.506. The second-order valence-electron chi connectivity index (χ2n) is 2.54. The van der Waals surface area contributed by atoms with Crippen molar-refractivity contribution in [2.75, 3.05) is 6.54 Å². The number of carbonyl (C=O) groups is 1. The van der Waals surface area contributed by atoms with Gasteiger partial charge < -0.3 is 10.5 Å². The van der Waals surface area contributed by atoms with Crippen molar-refractivity contribution in [3.05, 3.63) is 6.08 Å². The minimum absolute atomic E-state index is 0.184. The average molecular weight is 157 g/mol. The zero-order valence-corrected chi connectivity index (χ0v) is 6.59. The first-order valence-electron chi connectivity index (χ1n) is 3.16. The van der Waals surface area contributed by atoms with Crippen molar-refractivity contribution in [2.45, 2.75) is 19.4 Å². The van der Waals surface area contributed by atoms with Crippen LogP contribution in [0.4, 0.5) is 0 Å². The Hall–Kier alpha value is -1.12. The zero-order valence-electron chi connectivity index (χ0n) is 6.59. The van der Waals surface area contributed by atoms with Crippen molar-refractivity contribution in [1.29, 1.82) is 0 Å². The number of carbonyl (C=O) groups excluding carboxylic acids is 2. The lowest BCUT2D eigenvalue weighted by molar-refractivity contribution is -0.150. The van der Waals surface area contributed by atoms with E-state index < -0.39 is 11.6 Å². The maximum Gasteiger partial charge on any atom is 0.320 e. The van der Waals surface area contributed by atoms with Crippen LogP contribution in [0.5, 0.6) is 0 Å². The number of ether oxygens (including phenoxy) is 1. The molecule has 0 radical (unpaired) electrons. The molecule has 0 bridgehead atoms. The monoisotopic (exact) mass is 157 g/mol. The van der Waals surface area contributed by atoms with Crippen LogP contribution in [0.15, 0.2) is 6.08 Å². The summed E-state index contributed by atoms with van der Waals surface area (Å²) in [5.41, 5.74) is 4.08. The molecular formula is C7H11NO3. The van der Waals surface area contributed by atoms with Crippen molar-refractivity contribution in [2.24, 2.45) is 5.73 Å². The molecule has 0 unspecified atom stereocenters. The summed E-state index contributed by atoms with van der Waals surface area (Å²) >= 11 is 0. The van der Waals surface area contributed by atoms with Crippen molar-refractivity contribution >= 4 is 11.9 Å². The van der Waals surface area contributed by atoms with Crippen LogP contribution in [-0.2, 0) is 14.3 Å². The van der Waals surface area contributed by atoms with E-state index in [1.807, 2.05) is 0 Å². The fraction of sp³-hybridized carbons (Fsp3) is 0.571. The molecule has 2 N–H and O–H groups in total. The van der Waals surface area contributed by atoms with Crippen molar-refractivity contribution in [1.82, 2.24) is 0 Å². The largest absolute Gasteiger partial charge is 0.454 e. The molecule has 4 heteroatoms. The van der Waals surface area contributed by atoms with Crippen LogP contribution in [0.2, 0.25) is 0 Å². The van der Waals surface area contributed by atoms with Crippen LogP contribution in [0, 0.1) is 0 Å². The number of nitrogens with two attached hydrogens (primary N) is 1. The van der Waals surface area contributed by atoms with Gasteiger partial charge in [0.25, 0.3) is 0 Å². The van der Waals surface area contributed by atoms with Crippen LogP contribution in [0.1, 0.15) is 13.8 Å². The zero-order chi connectivity index (χ0) is 8.91. The third-order valence-electron chi connectivity index (χ3n) is 0.950. The smallest absolute Gasteiger partial charge is 0.320 e. The van der Waals surface area contributed by atoms with E-state index in [0.29, 0.717) is 0 Å². The molecule has 4 nitrogen and oxygen atoms in total. The van der Waals surface area contributed by atoms with Crippen molar-refractivity contribution in [3.8, 4) is 0 Å². The van der Waals surface area contributed by atoms with Crippen LogP contribution in [0.25, 0.3) is 0 Å². The topological polar surface area (TPSA) is 69.4 Å². The van der Waals surface area contributed by atoms with Crippen molar-refractivity contribution < 1.29 is 14.3 Å². The number of hydrogen-bond donors (Lipinski definition) is 1. The van der Waals surface area contributed by atoms with E-state index in [9.17, 15) is 9.59 Å². The summed E-state index contributed by atoms with van der Waals surface area (Å²) in [6, 6.07) is 0. The van der Waals surface area contributed by atoms with E-state index in [-0.39, 0.29) is 6.54 Å². The van der Waals surface area contributed by atoms with Gasteiger partial charge in [-0.2, -0.15) is 0 Å². The van der Waals surface area contributed by atoms with E-state index in [1.165, 1.54) is 0 Å². The molecule has 0 aromatic carbocycles. The SMILES string of the molecule is CC(C)(C=C=O)OC(=O)CN. The highest BCUT2D eigenvalue weighted by atomic mass is 16.6. The molecule has 0 atom stereocenters. The molecule has 0 aliphatic carbocycles. The highest BCUT2D eigenvalue weighted by molar-refractivity contribution is 5.72. The summed E-state index contributed by atoms with van der Waals surface area (Å²) in [4.78, 5) is 20.5. The lowest BCUT2D eigenvalue weighted by Gasteiger charge is -2.18. The molecule has 0 saturated carbocycles. The molecule has 0 amide bonds. The Labute approximate surface area is 65.0 Å². The first-order chi connectivity index (χ1) is 5.02. The molecule has 0 aromatic heterocycles. The Morgan fingerprint density at radius 3 is 2.64 bits per heavy atom. The Kier molecular flexibility index (Phi) is 3.51. The van der Waals surface area contributed by atoms with E-state index >= 15 is 0 Å². The fourth-order valence-corrected chi connectivity index (χ4v) is 0.506. The van der Waals surface area contributed by atoms with Crippen LogP contribution in [0.3, 0.4) is 0 Å². The molecular weight excluding hydrogens is 146 g/mol. The molecule has 0 spiro atoms. The summed E-state index contributed by atoms with van der Waals surface area (Å²) in [5.74, 6) is 1.00. The van der Waals surface area contributed by atoms with Gasteiger partial charge in [-0.25, -0.2) is 4.79 Å². The second-order valence-corrected chi connectivity index (χ2v) is 2.54. The number of rotatable bonds is 3. The van der Waals surface area contributed by atoms with E-state index in [2.05, 4.69) is 0 Å². The molecule has 62 valence electrons. The van der Waals surface area contributed by atoms with Crippen molar-refractivity contribution in [3.63, 3.8) is 0 Å². The van der Waals surface area contributed by atoms with Gasteiger partial charge in [-0.05, 0) is 13.8 Å². The van der Waals surface area contributed by atoms with Gasteiger partial charge in [0.05, 0.1) is 6.54 Å². The summed E-state index contributed by atoms with van der Waals surface area (Å²) in [7, 11) is 0. The quantitative estimate of drug-likeness (QED) is 0.449. The van der Waals surface area contributed by atoms with Gasteiger partial charge in [-0.15, -0.1) is 0 Å². The highest BCUT2D eigenvalue weighted by Crippen LogP contribution is 2.08. The number of hydrogen-bond acceptors (Lipinski definition) is 4. The maximum absolute atomic E-state index is 10.6. The maximum atomic E-state index is 10.6. The summed E-state index contributed by atoms with van der Waals surface area (Å²) in [6.45, 7) is 2.97. The standard InChI is InChI=1S/C7H11NO3/c1-7(2,3-4-9)11-6(10)5-8/h3H,5,8H2,1-2H3. The normalized spacial score (nSPS) is 10.1. The molecule has 0 rings (SSSR count). The third kappa shape index (κ3) is 4.31. The summed E-state index contributed by atoms with van der Waals surface area (Å²) in [6.07, 6.45) is 1.13. The van der Waals surface area contributed by atoms with E-state index in [1.54, 1.807) is 19.8 Å². The summed E-state index contributed by atoms with van der Waals surface area (Å²) in [5, 5.41) is 0. The van der Waals surface area contributed by atoms with Gasteiger partial charge in [0.15, 0.2) is 0 Å². The Morgan fingerprint density at radius 2 is 2.27 bits per heavy atom. The highest BCUT2D eigenvalue weighted by Gasteiger charge is 2.18. The molecule has 11 heavy (non-hydrogen) atoms. The lowest BCUT2D eigenvalue weighted by Crippen LogP contribution is -2.29. The first kappa shape index (κ1) is 9.88. The molecule has 0 fully saturated rings. The molecule has 0 aliphatic rings. The Balaban J connectivity index is 4.11. The van der Waals surface area contributed by atoms with Crippen LogP contribution >= 0.6 is 0 Å². The van der Waals surface area contributed by atoms with Gasteiger partial charge in [-0.3, -0.25) is 4.79 Å². The van der Waals surface area contributed by atoms with E-state index in [4.69, 9.17) is 10.5 Å². The van der Waals surface area contributed by atoms with Gasteiger partial charge in [0.1, 0.15) is 11.5 Å².